The van der Waals surface area contributed by atoms with E-state index in [1.165, 1.54) is 22.5 Å². The Morgan fingerprint density at radius 2 is 1.88 bits per heavy atom. The van der Waals surface area contributed by atoms with E-state index in [-0.39, 0.29) is 4.90 Å². The molecule has 6 heteroatoms. The second-order valence-corrected chi connectivity index (χ2v) is 8.19. The predicted octanol–water partition coefficient (Wildman–Crippen LogP) is 3.74. The van der Waals surface area contributed by atoms with Crippen LogP contribution >= 0.6 is 0 Å². The first-order chi connectivity index (χ1) is 11.9. The predicted molar refractivity (Wildman–Crippen MR) is 95.9 cm³/mol. The molecular weight excluding hydrogens is 339 g/mol. The summed E-state index contributed by atoms with van der Waals surface area (Å²) in [5, 5.41) is 1.01. The molecule has 0 fully saturated rings. The summed E-state index contributed by atoms with van der Waals surface area (Å²) in [6, 6.07) is 11.7. The van der Waals surface area contributed by atoms with Crippen molar-refractivity contribution in [2.45, 2.75) is 25.2 Å². The van der Waals surface area contributed by atoms with Gasteiger partial charge in [0.15, 0.2) is 0 Å². The third kappa shape index (κ3) is 2.48. The molecule has 2 heterocycles. The second kappa shape index (κ2) is 5.52. The van der Waals surface area contributed by atoms with Gasteiger partial charge >= 0.3 is 0 Å². The fourth-order valence-electron chi connectivity index (χ4n) is 3.36. The Hall–Kier alpha value is -2.47. The molecule has 0 radical (unpaired) electrons. The maximum atomic E-state index is 13.4. The first kappa shape index (κ1) is 16.0. The van der Waals surface area contributed by atoms with Crippen molar-refractivity contribution in [2.75, 3.05) is 10.8 Å². The van der Waals surface area contributed by atoms with Crippen molar-refractivity contribution < 1.29 is 12.8 Å². The highest BCUT2D eigenvalue weighted by molar-refractivity contribution is 7.92. The molecule has 0 aliphatic carbocycles. The van der Waals surface area contributed by atoms with Crippen molar-refractivity contribution in [3.05, 3.63) is 65.0 Å². The number of pyridine rings is 1. The van der Waals surface area contributed by atoms with Gasteiger partial charge in [-0.1, -0.05) is 18.2 Å². The van der Waals surface area contributed by atoms with E-state index in [1.54, 1.807) is 6.92 Å². The molecule has 2 aromatic carbocycles. The number of rotatable bonds is 2. The number of para-hydroxylation sites is 1. The molecule has 128 valence electrons. The maximum absolute atomic E-state index is 13.4. The molecule has 0 N–H and O–H groups in total. The molecule has 0 saturated heterocycles. The number of halogens is 1. The third-order valence-electron chi connectivity index (χ3n) is 4.63. The summed E-state index contributed by atoms with van der Waals surface area (Å²) >= 11 is 0. The first-order valence-electron chi connectivity index (χ1n) is 8.06. The van der Waals surface area contributed by atoms with Crippen LogP contribution in [0.4, 0.5) is 10.2 Å². The molecule has 25 heavy (non-hydrogen) atoms. The van der Waals surface area contributed by atoms with E-state index < -0.39 is 15.8 Å². The Morgan fingerprint density at radius 3 is 2.64 bits per heavy atom. The van der Waals surface area contributed by atoms with E-state index in [2.05, 4.69) is 4.98 Å². The number of aromatic nitrogens is 1. The summed E-state index contributed by atoms with van der Waals surface area (Å²) in [5.41, 5.74) is 3.12. The molecule has 1 aromatic heterocycles. The highest BCUT2D eigenvalue weighted by Gasteiger charge is 2.33. The van der Waals surface area contributed by atoms with Crippen LogP contribution in [0.3, 0.4) is 0 Å². The van der Waals surface area contributed by atoms with Gasteiger partial charge in [-0.25, -0.2) is 22.1 Å². The van der Waals surface area contributed by atoms with Crippen LogP contribution in [0.5, 0.6) is 0 Å². The monoisotopic (exact) mass is 356 g/mol. The standard InChI is InChI=1S/C19H17FN2O2S/c1-12-4-3-5-14-11-15-8-9-22(19(15)21-18(12)14)25(23,24)17-7-6-16(20)10-13(17)2/h3-7,10-11H,8-9H2,1-2H3. The SMILES string of the molecule is Cc1cc(F)ccc1S(=O)(=O)N1CCc2cc3cccc(C)c3nc21. The summed E-state index contributed by atoms with van der Waals surface area (Å²) in [6.07, 6.45) is 0.617. The van der Waals surface area contributed by atoms with Gasteiger partial charge in [-0.15, -0.1) is 0 Å². The Labute approximate surface area is 146 Å². The quantitative estimate of drug-likeness (QED) is 0.703. The number of anilines is 1. The molecule has 4 nitrogen and oxygen atoms in total. The van der Waals surface area contributed by atoms with E-state index in [0.717, 1.165) is 22.0 Å². The van der Waals surface area contributed by atoms with Crippen LogP contribution in [0.1, 0.15) is 16.7 Å². The van der Waals surface area contributed by atoms with Crippen molar-refractivity contribution >= 4 is 26.7 Å². The zero-order valence-electron chi connectivity index (χ0n) is 14.0. The van der Waals surface area contributed by atoms with Crippen molar-refractivity contribution in [3.63, 3.8) is 0 Å². The summed E-state index contributed by atoms with van der Waals surface area (Å²) in [6.45, 7) is 3.90. The summed E-state index contributed by atoms with van der Waals surface area (Å²) in [5.74, 6) is 0.0311. The average molecular weight is 356 g/mol. The molecule has 4 rings (SSSR count). The van der Waals surface area contributed by atoms with E-state index in [1.807, 2.05) is 31.2 Å². The zero-order valence-corrected chi connectivity index (χ0v) is 14.8. The zero-order chi connectivity index (χ0) is 17.8. The Kier molecular flexibility index (Phi) is 3.54. The lowest BCUT2D eigenvalue weighted by molar-refractivity contribution is 0.590. The van der Waals surface area contributed by atoms with Crippen molar-refractivity contribution in [1.29, 1.82) is 0 Å². The van der Waals surface area contributed by atoms with E-state index in [4.69, 9.17) is 0 Å². The summed E-state index contributed by atoms with van der Waals surface area (Å²) < 4.78 is 40.9. The minimum absolute atomic E-state index is 0.119. The third-order valence-corrected chi connectivity index (χ3v) is 6.58. The number of sulfonamides is 1. The van der Waals surface area contributed by atoms with E-state index in [0.29, 0.717) is 24.3 Å². The molecule has 0 unspecified atom stereocenters. The molecule has 0 spiro atoms. The van der Waals surface area contributed by atoms with Crippen LogP contribution in [0.15, 0.2) is 47.4 Å². The van der Waals surface area contributed by atoms with E-state index in [9.17, 15) is 12.8 Å². The minimum atomic E-state index is -3.78. The van der Waals surface area contributed by atoms with Crippen molar-refractivity contribution in [2.24, 2.45) is 0 Å². The van der Waals surface area contributed by atoms with Gasteiger partial charge in [0.25, 0.3) is 10.0 Å². The summed E-state index contributed by atoms with van der Waals surface area (Å²) in [4.78, 5) is 4.77. The first-order valence-corrected chi connectivity index (χ1v) is 9.50. The average Bonchev–Trinajstić information content (AvgIpc) is 2.97. The largest absolute Gasteiger partial charge is 0.265 e. The fraction of sp³-hybridized carbons (Fsp3) is 0.211. The minimum Gasteiger partial charge on any atom is -0.249 e. The van der Waals surface area contributed by atoms with Crippen LogP contribution in [0.2, 0.25) is 0 Å². The van der Waals surface area contributed by atoms with Gasteiger partial charge in [0.1, 0.15) is 11.6 Å². The molecule has 0 amide bonds. The normalized spacial score (nSPS) is 14.1. The number of hydrogen-bond acceptors (Lipinski definition) is 3. The molecule has 1 aliphatic rings. The van der Waals surface area contributed by atoms with Gasteiger partial charge in [0, 0.05) is 11.9 Å². The van der Waals surface area contributed by atoms with Gasteiger partial charge in [0.2, 0.25) is 0 Å². The van der Waals surface area contributed by atoms with Gasteiger partial charge in [-0.2, -0.15) is 0 Å². The molecular formula is C19H17FN2O2S. The molecule has 0 atom stereocenters. The fourth-order valence-corrected chi connectivity index (χ4v) is 5.02. The number of benzene rings is 2. The van der Waals surface area contributed by atoms with Gasteiger partial charge in [-0.05, 0) is 61.2 Å². The number of fused-ring (bicyclic) bond motifs is 2. The lowest BCUT2D eigenvalue weighted by Crippen LogP contribution is -2.30. The Balaban J connectivity index is 1.88. The van der Waals surface area contributed by atoms with Crippen molar-refractivity contribution in [3.8, 4) is 0 Å². The topological polar surface area (TPSA) is 50.3 Å². The molecule has 0 bridgehead atoms. The highest BCUT2D eigenvalue weighted by Crippen LogP contribution is 2.35. The van der Waals surface area contributed by atoms with Crippen LogP contribution in [-0.4, -0.2) is 19.9 Å². The van der Waals surface area contributed by atoms with Crippen LogP contribution in [-0.2, 0) is 16.4 Å². The van der Waals surface area contributed by atoms with Crippen LogP contribution in [0.25, 0.3) is 10.9 Å². The van der Waals surface area contributed by atoms with Crippen LogP contribution < -0.4 is 4.31 Å². The maximum Gasteiger partial charge on any atom is 0.265 e. The lowest BCUT2D eigenvalue weighted by atomic mass is 10.1. The molecule has 1 aliphatic heterocycles. The second-order valence-electron chi connectivity index (χ2n) is 6.35. The van der Waals surface area contributed by atoms with Gasteiger partial charge in [0.05, 0.1) is 10.4 Å². The van der Waals surface area contributed by atoms with Crippen molar-refractivity contribution in [1.82, 2.24) is 4.98 Å². The highest BCUT2D eigenvalue weighted by atomic mass is 32.2. The molecule has 3 aromatic rings. The number of hydrogen-bond donors (Lipinski definition) is 0. The molecule has 0 saturated carbocycles. The Morgan fingerprint density at radius 1 is 1.08 bits per heavy atom. The smallest absolute Gasteiger partial charge is 0.249 e. The summed E-state index contributed by atoms with van der Waals surface area (Å²) in [7, 11) is -3.78. The Bertz CT molecular complexity index is 1110. The number of nitrogens with zero attached hydrogens (tertiary/aromatic N) is 2. The van der Waals surface area contributed by atoms with Gasteiger partial charge in [-0.3, -0.25) is 0 Å². The lowest BCUT2D eigenvalue weighted by Gasteiger charge is -2.20. The van der Waals surface area contributed by atoms with E-state index >= 15 is 0 Å². The number of aryl methyl sites for hydroxylation is 2. The van der Waals surface area contributed by atoms with Gasteiger partial charge < -0.3 is 0 Å². The van der Waals surface area contributed by atoms with Crippen LogP contribution in [0, 0.1) is 19.7 Å².